The Morgan fingerprint density at radius 1 is 1.25 bits per heavy atom. The molecule has 1 heterocycles. The van der Waals surface area contributed by atoms with E-state index in [-0.39, 0.29) is 11.5 Å². The van der Waals surface area contributed by atoms with Crippen LogP contribution in [0.1, 0.15) is 6.92 Å². The van der Waals surface area contributed by atoms with Crippen molar-refractivity contribution in [2.75, 3.05) is 6.61 Å². The van der Waals surface area contributed by atoms with Gasteiger partial charge in [0.25, 0.3) is 10.1 Å². The van der Waals surface area contributed by atoms with Crippen molar-refractivity contribution in [2.45, 2.75) is 11.8 Å². The van der Waals surface area contributed by atoms with Crippen LogP contribution in [0.15, 0.2) is 41.4 Å². The molecule has 0 bridgehead atoms. The van der Waals surface area contributed by atoms with Crippen molar-refractivity contribution < 1.29 is 12.6 Å². The number of pyridine rings is 1. The van der Waals surface area contributed by atoms with E-state index < -0.39 is 10.1 Å². The van der Waals surface area contributed by atoms with Crippen LogP contribution in [0, 0.1) is 0 Å². The van der Waals surface area contributed by atoms with Crippen molar-refractivity contribution >= 4 is 21.0 Å². The molecule has 0 N–H and O–H groups in total. The van der Waals surface area contributed by atoms with Gasteiger partial charge in [-0.05, 0) is 31.2 Å². The van der Waals surface area contributed by atoms with Gasteiger partial charge in [-0.1, -0.05) is 6.07 Å². The van der Waals surface area contributed by atoms with Gasteiger partial charge in [0.1, 0.15) is 4.90 Å². The fourth-order valence-electron chi connectivity index (χ4n) is 1.51. The molecule has 4 nitrogen and oxygen atoms in total. The maximum atomic E-state index is 11.8. The van der Waals surface area contributed by atoms with Crippen molar-refractivity contribution in [1.29, 1.82) is 0 Å². The zero-order chi connectivity index (χ0) is 11.6. The molecule has 1 aromatic heterocycles. The minimum atomic E-state index is -3.68. The van der Waals surface area contributed by atoms with Crippen molar-refractivity contribution in [3.8, 4) is 0 Å². The van der Waals surface area contributed by atoms with E-state index in [4.69, 9.17) is 4.18 Å². The fourth-order valence-corrected chi connectivity index (χ4v) is 2.64. The Hall–Kier alpha value is -1.46. The lowest BCUT2D eigenvalue weighted by molar-refractivity contribution is 0.338. The van der Waals surface area contributed by atoms with Gasteiger partial charge in [-0.15, -0.1) is 0 Å². The SMILES string of the molecule is CCOS(=O)(=O)c1cccc2ncccc12. The molecule has 0 amide bonds. The van der Waals surface area contributed by atoms with Crippen molar-refractivity contribution in [2.24, 2.45) is 0 Å². The lowest BCUT2D eigenvalue weighted by Gasteiger charge is -2.06. The zero-order valence-electron chi connectivity index (χ0n) is 8.75. The second-order valence-corrected chi connectivity index (χ2v) is 4.77. The predicted molar refractivity (Wildman–Crippen MR) is 60.6 cm³/mol. The first-order valence-corrected chi connectivity index (χ1v) is 6.29. The number of nitrogens with zero attached hydrogens (tertiary/aromatic N) is 1. The van der Waals surface area contributed by atoms with Gasteiger partial charge in [0.05, 0.1) is 12.1 Å². The van der Waals surface area contributed by atoms with E-state index in [1.54, 1.807) is 37.4 Å². The molecule has 0 fully saturated rings. The Labute approximate surface area is 94.0 Å². The Morgan fingerprint density at radius 3 is 2.81 bits per heavy atom. The smallest absolute Gasteiger partial charge is 0.267 e. The number of hydrogen-bond donors (Lipinski definition) is 0. The number of fused-ring (bicyclic) bond motifs is 1. The maximum absolute atomic E-state index is 11.8. The molecule has 0 radical (unpaired) electrons. The molecule has 0 aliphatic carbocycles. The molecule has 0 saturated heterocycles. The van der Waals surface area contributed by atoms with Crippen LogP contribution in [0.2, 0.25) is 0 Å². The molecule has 0 aliphatic rings. The van der Waals surface area contributed by atoms with Gasteiger partial charge in [-0.2, -0.15) is 8.42 Å². The molecule has 0 atom stereocenters. The van der Waals surface area contributed by atoms with Crippen molar-refractivity contribution in [3.05, 3.63) is 36.5 Å². The number of hydrogen-bond acceptors (Lipinski definition) is 4. The first-order valence-electron chi connectivity index (χ1n) is 4.88. The molecular weight excluding hydrogens is 226 g/mol. The number of benzene rings is 1. The molecule has 5 heteroatoms. The van der Waals surface area contributed by atoms with Gasteiger partial charge in [0.2, 0.25) is 0 Å². The summed E-state index contributed by atoms with van der Waals surface area (Å²) in [5.41, 5.74) is 0.642. The highest BCUT2D eigenvalue weighted by Gasteiger charge is 2.17. The molecule has 0 unspecified atom stereocenters. The van der Waals surface area contributed by atoms with Crippen LogP contribution in [0.4, 0.5) is 0 Å². The summed E-state index contributed by atoms with van der Waals surface area (Å²) in [6.45, 7) is 1.76. The summed E-state index contributed by atoms with van der Waals surface area (Å²) in [6.07, 6.45) is 1.62. The first-order chi connectivity index (χ1) is 7.65. The first kappa shape index (κ1) is 11.0. The lowest BCUT2D eigenvalue weighted by Crippen LogP contribution is -2.06. The normalized spacial score (nSPS) is 11.8. The second kappa shape index (κ2) is 4.19. The summed E-state index contributed by atoms with van der Waals surface area (Å²) < 4.78 is 28.4. The van der Waals surface area contributed by atoms with Crippen LogP contribution in [0.25, 0.3) is 10.9 Å². The standard InChI is InChI=1S/C11H11NO3S/c1-2-15-16(13,14)11-7-3-6-10-9(11)5-4-8-12-10/h3-8H,2H2,1H3. The molecule has 0 aliphatic heterocycles. The van der Waals surface area contributed by atoms with Crippen LogP contribution in [-0.4, -0.2) is 20.0 Å². The van der Waals surface area contributed by atoms with E-state index in [0.717, 1.165) is 0 Å². The molecule has 1 aromatic carbocycles. The Kier molecular flexibility index (Phi) is 2.89. The summed E-state index contributed by atoms with van der Waals surface area (Å²) in [6, 6.07) is 8.36. The molecule has 2 aromatic rings. The average molecular weight is 237 g/mol. The third-order valence-corrected chi connectivity index (χ3v) is 3.59. The lowest BCUT2D eigenvalue weighted by atomic mass is 10.2. The van der Waals surface area contributed by atoms with Crippen molar-refractivity contribution in [1.82, 2.24) is 4.98 Å². The molecule has 0 saturated carbocycles. The van der Waals surface area contributed by atoms with E-state index in [0.29, 0.717) is 10.9 Å². The minimum Gasteiger partial charge on any atom is -0.267 e. The van der Waals surface area contributed by atoms with Gasteiger partial charge < -0.3 is 0 Å². The summed E-state index contributed by atoms with van der Waals surface area (Å²) in [4.78, 5) is 4.26. The Balaban J connectivity index is 2.70. The topological polar surface area (TPSA) is 56.3 Å². The molecular formula is C11H11NO3S. The van der Waals surface area contributed by atoms with Gasteiger partial charge in [0, 0.05) is 11.6 Å². The van der Waals surface area contributed by atoms with Crippen LogP contribution >= 0.6 is 0 Å². The third-order valence-electron chi connectivity index (χ3n) is 2.15. The quantitative estimate of drug-likeness (QED) is 0.766. The minimum absolute atomic E-state index is 0.124. The molecule has 0 spiro atoms. The monoisotopic (exact) mass is 237 g/mol. The Morgan fingerprint density at radius 2 is 2.06 bits per heavy atom. The average Bonchev–Trinajstić information content (AvgIpc) is 2.28. The van der Waals surface area contributed by atoms with E-state index in [9.17, 15) is 8.42 Å². The van der Waals surface area contributed by atoms with Gasteiger partial charge in [0.15, 0.2) is 0 Å². The van der Waals surface area contributed by atoms with E-state index in [1.165, 1.54) is 6.07 Å². The van der Waals surface area contributed by atoms with Gasteiger partial charge >= 0.3 is 0 Å². The third kappa shape index (κ3) is 1.91. The molecule has 2 rings (SSSR count). The number of aromatic nitrogens is 1. The van der Waals surface area contributed by atoms with Gasteiger partial charge in [-0.25, -0.2) is 0 Å². The van der Waals surface area contributed by atoms with Crippen LogP contribution < -0.4 is 0 Å². The number of rotatable bonds is 3. The highest BCUT2D eigenvalue weighted by Crippen LogP contribution is 2.22. The summed E-state index contributed by atoms with van der Waals surface area (Å²) >= 11 is 0. The largest absolute Gasteiger partial charge is 0.297 e. The Bertz CT molecular complexity index is 602. The zero-order valence-corrected chi connectivity index (χ0v) is 9.57. The second-order valence-electron chi connectivity index (χ2n) is 3.19. The van der Waals surface area contributed by atoms with E-state index >= 15 is 0 Å². The van der Waals surface area contributed by atoms with Crippen LogP contribution in [0.3, 0.4) is 0 Å². The highest BCUT2D eigenvalue weighted by molar-refractivity contribution is 7.87. The maximum Gasteiger partial charge on any atom is 0.297 e. The highest BCUT2D eigenvalue weighted by atomic mass is 32.2. The van der Waals surface area contributed by atoms with E-state index in [2.05, 4.69) is 4.98 Å². The summed E-state index contributed by atoms with van der Waals surface area (Å²) in [5.74, 6) is 0. The summed E-state index contributed by atoms with van der Waals surface area (Å²) in [5, 5.41) is 0.582. The van der Waals surface area contributed by atoms with Crippen LogP contribution in [0.5, 0.6) is 0 Å². The van der Waals surface area contributed by atoms with Crippen molar-refractivity contribution in [3.63, 3.8) is 0 Å². The molecule has 16 heavy (non-hydrogen) atoms. The fraction of sp³-hybridized carbons (Fsp3) is 0.182. The van der Waals surface area contributed by atoms with Gasteiger partial charge in [-0.3, -0.25) is 9.17 Å². The van der Waals surface area contributed by atoms with E-state index in [1.807, 2.05) is 0 Å². The molecule has 84 valence electrons. The summed E-state index contributed by atoms with van der Waals surface area (Å²) in [7, 11) is -3.68. The van der Waals surface area contributed by atoms with Crippen LogP contribution in [-0.2, 0) is 14.3 Å². The predicted octanol–water partition coefficient (Wildman–Crippen LogP) is 1.96.